The number of nitro groups is 1. The SMILES string of the molecule is C#CCc1ccc(-n2c(=O)c([N+](=O)[O-])c(N3CCN(C(c4ccc(F)cc4)c4ccccc4OC)CC3)c3nc(C#N)ccc32)cc1. The molecule has 3 heterocycles. The molecule has 1 fully saturated rings. The molecule has 0 saturated carbocycles. The molecule has 1 aliphatic heterocycles. The molecule has 10 nitrogen and oxygen atoms in total. The normalized spacial score (nSPS) is 13.9. The molecule has 1 atom stereocenters. The van der Waals surface area contributed by atoms with Gasteiger partial charge in [0.05, 0.1) is 23.6 Å². The maximum Gasteiger partial charge on any atom is 0.359 e. The summed E-state index contributed by atoms with van der Waals surface area (Å²) in [6.07, 6.45) is 5.83. The number of benzene rings is 3. The molecule has 2 aromatic heterocycles. The molecule has 1 unspecified atom stereocenters. The first-order chi connectivity index (χ1) is 22.8. The lowest BCUT2D eigenvalue weighted by atomic mass is 9.95. The second-order valence-corrected chi connectivity index (χ2v) is 11.0. The fourth-order valence-electron chi connectivity index (χ4n) is 6.23. The zero-order valence-corrected chi connectivity index (χ0v) is 25.5. The minimum absolute atomic E-state index is 0.0637. The van der Waals surface area contributed by atoms with Gasteiger partial charge in [0, 0.05) is 43.9 Å². The van der Waals surface area contributed by atoms with Crippen LogP contribution in [0.1, 0.15) is 28.4 Å². The van der Waals surface area contributed by atoms with Gasteiger partial charge < -0.3 is 9.64 Å². The topological polar surface area (TPSA) is 118 Å². The van der Waals surface area contributed by atoms with Crippen LogP contribution in [0, 0.1) is 39.6 Å². The van der Waals surface area contributed by atoms with E-state index in [1.807, 2.05) is 30.3 Å². The molecule has 47 heavy (non-hydrogen) atoms. The molecule has 0 radical (unpaired) electrons. The molecule has 1 aliphatic rings. The monoisotopic (exact) mass is 628 g/mol. The van der Waals surface area contributed by atoms with Crippen molar-refractivity contribution in [3.8, 4) is 29.8 Å². The standard InChI is InChI=1S/C36H29FN6O4/c1-3-6-24-9-16-28(17-10-24)42-30-18-15-27(23-38)39-32(30)34(35(36(42)44)43(45)46)41-21-19-40(20-22-41)33(25-11-13-26(37)14-12-25)29-7-4-5-8-31(29)47-2/h1,4-5,7-18,33H,6,19-22H2,2H3. The van der Waals surface area contributed by atoms with E-state index < -0.39 is 16.2 Å². The Morgan fingerprint density at radius 2 is 1.72 bits per heavy atom. The van der Waals surface area contributed by atoms with Crippen LogP contribution in [0.15, 0.2) is 89.7 Å². The largest absolute Gasteiger partial charge is 0.496 e. The summed E-state index contributed by atoms with van der Waals surface area (Å²) in [5, 5.41) is 22.3. The molecule has 0 N–H and O–H groups in total. The minimum atomic E-state index is -0.811. The van der Waals surface area contributed by atoms with Gasteiger partial charge in [-0.15, -0.1) is 12.3 Å². The van der Waals surface area contributed by atoms with Gasteiger partial charge in [-0.05, 0) is 53.6 Å². The molecular formula is C36H29FN6O4. The lowest BCUT2D eigenvalue weighted by Gasteiger charge is -2.40. The number of hydrogen-bond acceptors (Lipinski definition) is 8. The van der Waals surface area contributed by atoms with E-state index in [0.717, 1.165) is 16.7 Å². The number of ether oxygens (including phenoxy) is 1. The zero-order valence-electron chi connectivity index (χ0n) is 25.5. The van der Waals surface area contributed by atoms with E-state index in [4.69, 9.17) is 11.2 Å². The van der Waals surface area contributed by atoms with E-state index >= 15 is 0 Å². The van der Waals surface area contributed by atoms with Crippen molar-refractivity contribution in [3.05, 3.63) is 134 Å². The predicted octanol–water partition coefficient (Wildman–Crippen LogP) is 5.40. The Balaban J connectivity index is 1.44. The average molecular weight is 629 g/mol. The summed E-state index contributed by atoms with van der Waals surface area (Å²) in [4.78, 5) is 34.5. The first-order valence-electron chi connectivity index (χ1n) is 14.9. The van der Waals surface area contributed by atoms with Crippen molar-refractivity contribution in [1.29, 1.82) is 5.26 Å². The van der Waals surface area contributed by atoms with Crippen molar-refractivity contribution in [2.45, 2.75) is 12.5 Å². The highest BCUT2D eigenvalue weighted by atomic mass is 19.1. The van der Waals surface area contributed by atoms with E-state index in [1.165, 1.54) is 22.8 Å². The number of nitriles is 1. The van der Waals surface area contributed by atoms with Crippen molar-refractivity contribution in [2.24, 2.45) is 0 Å². The highest BCUT2D eigenvalue weighted by Crippen LogP contribution is 2.38. The number of piperazine rings is 1. The first-order valence-corrected chi connectivity index (χ1v) is 14.9. The number of aromatic nitrogens is 2. The Kier molecular flexibility index (Phi) is 8.65. The first kappa shape index (κ1) is 31.0. The van der Waals surface area contributed by atoms with Crippen LogP contribution in [0.3, 0.4) is 0 Å². The van der Waals surface area contributed by atoms with Gasteiger partial charge in [-0.25, -0.2) is 9.37 Å². The number of rotatable bonds is 8. The number of halogens is 1. The minimum Gasteiger partial charge on any atom is -0.496 e. The molecule has 11 heteroatoms. The third kappa shape index (κ3) is 5.88. The van der Waals surface area contributed by atoms with Gasteiger partial charge in [-0.3, -0.25) is 24.4 Å². The van der Waals surface area contributed by atoms with E-state index in [-0.39, 0.29) is 28.8 Å². The predicted molar refractivity (Wildman–Crippen MR) is 176 cm³/mol. The van der Waals surface area contributed by atoms with Crippen molar-refractivity contribution < 1.29 is 14.1 Å². The molecule has 0 aliphatic carbocycles. The molecule has 1 saturated heterocycles. The number of terminal acetylenes is 1. The Hall–Kier alpha value is -6.04. The van der Waals surface area contributed by atoms with Crippen LogP contribution in [-0.4, -0.2) is 52.7 Å². The number of methoxy groups -OCH3 is 1. The fourth-order valence-corrected chi connectivity index (χ4v) is 6.23. The molecular weight excluding hydrogens is 599 g/mol. The lowest BCUT2D eigenvalue weighted by molar-refractivity contribution is -0.385. The van der Waals surface area contributed by atoms with Gasteiger partial charge >= 0.3 is 11.2 Å². The van der Waals surface area contributed by atoms with Gasteiger partial charge in [0.1, 0.15) is 28.8 Å². The molecule has 5 aromatic rings. The van der Waals surface area contributed by atoms with Crippen LogP contribution in [-0.2, 0) is 6.42 Å². The summed E-state index contributed by atoms with van der Waals surface area (Å²) in [7, 11) is 1.60. The second kappa shape index (κ2) is 13.1. The Morgan fingerprint density at radius 3 is 2.36 bits per heavy atom. The number of anilines is 1. The number of pyridine rings is 2. The third-order valence-corrected chi connectivity index (χ3v) is 8.38. The van der Waals surface area contributed by atoms with Crippen LogP contribution in [0.4, 0.5) is 15.8 Å². The van der Waals surface area contributed by atoms with E-state index in [2.05, 4.69) is 15.8 Å². The number of para-hydroxylation sites is 1. The Bertz CT molecular complexity index is 2110. The average Bonchev–Trinajstić information content (AvgIpc) is 3.09. The summed E-state index contributed by atoms with van der Waals surface area (Å²) >= 11 is 0. The van der Waals surface area contributed by atoms with Crippen LogP contribution >= 0.6 is 0 Å². The van der Waals surface area contributed by atoms with E-state index in [9.17, 15) is 24.6 Å². The molecule has 0 amide bonds. The van der Waals surface area contributed by atoms with Crippen molar-refractivity contribution >= 4 is 22.4 Å². The van der Waals surface area contributed by atoms with Gasteiger partial charge in [-0.1, -0.05) is 42.5 Å². The highest BCUT2D eigenvalue weighted by molar-refractivity contribution is 5.95. The summed E-state index contributed by atoms with van der Waals surface area (Å²) in [6.45, 7) is 1.50. The van der Waals surface area contributed by atoms with Crippen molar-refractivity contribution in [3.63, 3.8) is 0 Å². The fraction of sp³-hybridized carbons (Fsp3) is 0.194. The molecule has 0 bridgehead atoms. The quantitative estimate of drug-likeness (QED) is 0.127. The van der Waals surface area contributed by atoms with E-state index in [1.54, 1.807) is 54.5 Å². The van der Waals surface area contributed by atoms with E-state index in [0.29, 0.717) is 49.6 Å². The van der Waals surface area contributed by atoms with Crippen LogP contribution in [0.2, 0.25) is 0 Å². The smallest absolute Gasteiger partial charge is 0.359 e. The van der Waals surface area contributed by atoms with Gasteiger partial charge in [-0.2, -0.15) is 5.26 Å². The molecule has 0 spiro atoms. The number of fused-ring (bicyclic) bond motifs is 1. The summed E-state index contributed by atoms with van der Waals surface area (Å²) in [6, 6.07) is 25.6. The number of nitrogens with zero attached hydrogens (tertiary/aromatic N) is 6. The van der Waals surface area contributed by atoms with Gasteiger partial charge in [0.2, 0.25) is 0 Å². The van der Waals surface area contributed by atoms with Crippen LogP contribution < -0.4 is 15.2 Å². The Morgan fingerprint density at radius 1 is 1.02 bits per heavy atom. The summed E-state index contributed by atoms with van der Waals surface area (Å²) in [5.41, 5.74) is 2.22. The Labute approximate surface area is 270 Å². The summed E-state index contributed by atoms with van der Waals surface area (Å²) in [5.74, 6) is 2.90. The van der Waals surface area contributed by atoms with Crippen molar-refractivity contribution in [1.82, 2.24) is 14.5 Å². The zero-order chi connectivity index (χ0) is 33.1. The van der Waals surface area contributed by atoms with Gasteiger partial charge in [0.25, 0.3) is 0 Å². The van der Waals surface area contributed by atoms with Gasteiger partial charge in [0.15, 0.2) is 5.69 Å². The molecule has 6 rings (SSSR count). The second-order valence-electron chi connectivity index (χ2n) is 11.0. The lowest BCUT2D eigenvalue weighted by Crippen LogP contribution is -2.48. The molecule has 3 aromatic carbocycles. The molecule has 234 valence electrons. The maximum atomic E-state index is 14.0. The highest BCUT2D eigenvalue weighted by Gasteiger charge is 2.35. The maximum absolute atomic E-state index is 14.0. The number of hydrogen-bond donors (Lipinski definition) is 0. The van der Waals surface area contributed by atoms with Crippen molar-refractivity contribution in [2.75, 3.05) is 38.2 Å². The van der Waals surface area contributed by atoms with Crippen LogP contribution in [0.5, 0.6) is 5.75 Å². The summed E-state index contributed by atoms with van der Waals surface area (Å²) < 4.78 is 20.9. The van der Waals surface area contributed by atoms with Crippen LogP contribution in [0.25, 0.3) is 16.7 Å². The third-order valence-electron chi connectivity index (χ3n) is 8.38.